The highest BCUT2D eigenvalue weighted by molar-refractivity contribution is 5.23. The van der Waals surface area contributed by atoms with Crippen LogP contribution in [0.25, 0.3) is 0 Å². The van der Waals surface area contributed by atoms with Gasteiger partial charge in [0, 0.05) is 18.6 Å². The van der Waals surface area contributed by atoms with E-state index in [1.54, 1.807) is 0 Å². The molecule has 2 unspecified atom stereocenters. The highest BCUT2D eigenvalue weighted by Gasteiger charge is 2.24. The fraction of sp³-hybridized carbons (Fsp3) is 0.625. The molecule has 1 aliphatic heterocycles. The van der Waals surface area contributed by atoms with Gasteiger partial charge in [0.25, 0.3) is 0 Å². The summed E-state index contributed by atoms with van der Waals surface area (Å²) in [5.41, 5.74) is 8.35. The van der Waals surface area contributed by atoms with Crippen LogP contribution >= 0.6 is 0 Å². The summed E-state index contributed by atoms with van der Waals surface area (Å²) in [6, 6.07) is 10.4. The van der Waals surface area contributed by atoms with Crippen LogP contribution in [0.2, 0.25) is 0 Å². The average Bonchev–Trinajstić information content (AvgIpc) is 2.36. The van der Waals surface area contributed by atoms with Crippen molar-refractivity contribution in [3.8, 4) is 0 Å². The zero-order chi connectivity index (χ0) is 13.0. The van der Waals surface area contributed by atoms with Gasteiger partial charge in [-0.1, -0.05) is 30.7 Å². The van der Waals surface area contributed by atoms with Crippen molar-refractivity contribution in [3.63, 3.8) is 0 Å². The van der Waals surface area contributed by atoms with Gasteiger partial charge >= 0.3 is 0 Å². The molecule has 1 saturated heterocycles. The van der Waals surface area contributed by atoms with Crippen molar-refractivity contribution in [3.05, 3.63) is 35.4 Å². The molecule has 2 rings (SSSR count). The van der Waals surface area contributed by atoms with Crippen molar-refractivity contribution >= 4 is 0 Å². The number of piperidine rings is 1. The molecule has 1 fully saturated rings. The minimum Gasteiger partial charge on any atom is -0.330 e. The number of hydrogen-bond acceptors (Lipinski definition) is 2. The van der Waals surface area contributed by atoms with Crippen molar-refractivity contribution < 1.29 is 0 Å². The summed E-state index contributed by atoms with van der Waals surface area (Å²) < 4.78 is 0. The Morgan fingerprint density at radius 3 is 2.17 bits per heavy atom. The normalized spacial score (nSPS) is 25.3. The molecule has 0 aromatic heterocycles. The van der Waals surface area contributed by atoms with Crippen LogP contribution in [0.15, 0.2) is 24.3 Å². The predicted molar refractivity (Wildman–Crippen MR) is 77.5 cm³/mol. The van der Waals surface area contributed by atoms with E-state index < -0.39 is 0 Å². The SMILES string of the molecule is CC1CCCC(C)N1Cc1ccc(CCN)cc1. The third kappa shape index (κ3) is 3.33. The van der Waals surface area contributed by atoms with Crippen LogP contribution in [0.3, 0.4) is 0 Å². The molecule has 2 nitrogen and oxygen atoms in total. The van der Waals surface area contributed by atoms with E-state index in [1.165, 1.54) is 30.4 Å². The smallest absolute Gasteiger partial charge is 0.0239 e. The van der Waals surface area contributed by atoms with Crippen LogP contribution in [0.1, 0.15) is 44.2 Å². The van der Waals surface area contributed by atoms with Crippen LogP contribution in [0.4, 0.5) is 0 Å². The molecule has 100 valence electrons. The van der Waals surface area contributed by atoms with Crippen molar-refractivity contribution in [2.45, 2.75) is 58.2 Å². The minimum absolute atomic E-state index is 0.720. The van der Waals surface area contributed by atoms with E-state index in [0.717, 1.165) is 31.6 Å². The Hall–Kier alpha value is -0.860. The lowest BCUT2D eigenvalue weighted by molar-refractivity contribution is 0.0953. The molecular weight excluding hydrogens is 220 g/mol. The highest BCUT2D eigenvalue weighted by Crippen LogP contribution is 2.24. The maximum atomic E-state index is 5.58. The fourth-order valence-corrected chi connectivity index (χ4v) is 2.98. The van der Waals surface area contributed by atoms with Crippen LogP contribution < -0.4 is 5.73 Å². The lowest BCUT2D eigenvalue weighted by atomic mass is 9.96. The van der Waals surface area contributed by atoms with Crippen molar-refractivity contribution in [1.29, 1.82) is 0 Å². The average molecular weight is 246 g/mol. The first-order valence-corrected chi connectivity index (χ1v) is 7.24. The Morgan fingerprint density at radius 1 is 1.06 bits per heavy atom. The first-order valence-electron chi connectivity index (χ1n) is 7.24. The molecule has 1 aromatic carbocycles. The summed E-state index contributed by atoms with van der Waals surface area (Å²) in [4.78, 5) is 2.64. The van der Waals surface area contributed by atoms with Gasteiger partial charge in [-0.2, -0.15) is 0 Å². The largest absolute Gasteiger partial charge is 0.330 e. The first kappa shape index (κ1) is 13.6. The number of hydrogen-bond donors (Lipinski definition) is 1. The minimum atomic E-state index is 0.720. The molecule has 0 amide bonds. The fourth-order valence-electron chi connectivity index (χ4n) is 2.98. The van der Waals surface area contributed by atoms with Gasteiger partial charge in [0.1, 0.15) is 0 Å². The number of nitrogens with zero attached hydrogens (tertiary/aromatic N) is 1. The van der Waals surface area contributed by atoms with Gasteiger partial charge in [-0.05, 0) is 50.8 Å². The molecule has 0 saturated carbocycles. The molecule has 1 aliphatic rings. The molecule has 0 radical (unpaired) electrons. The summed E-state index contributed by atoms with van der Waals surface area (Å²) >= 11 is 0. The molecule has 1 heterocycles. The summed E-state index contributed by atoms with van der Waals surface area (Å²) in [5, 5.41) is 0. The van der Waals surface area contributed by atoms with E-state index in [0.29, 0.717) is 0 Å². The predicted octanol–water partition coefficient (Wildman–Crippen LogP) is 2.95. The highest BCUT2D eigenvalue weighted by atomic mass is 15.2. The van der Waals surface area contributed by atoms with E-state index in [1.807, 2.05) is 0 Å². The summed E-state index contributed by atoms with van der Waals surface area (Å²) in [5.74, 6) is 0. The molecule has 0 spiro atoms. The zero-order valence-corrected chi connectivity index (χ0v) is 11.7. The van der Waals surface area contributed by atoms with Crippen LogP contribution in [0, 0.1) is 0 Å². The van der Waals surface area contributed by atoms with Crippen LogP contribution in [0.5, 0.6) is 0 Å². The van der Waals surface area contributed by atoms with Gasteiger partial charge in [0.2, 0.25) is 0 Å². The molecule has 0 aliphatic carbocycles. The first-order chi connectivity index (χ1) is 8.70. The van der Waals surface area contributed by atoms with Crippen molar-refractivity contribution in [1.82, 2.24) is 4.90 Å². The lowest BCUT2D eigenvalue weighted by Crippen LogP contribution is -2.42. The Labute approximate surface area is 111 Å². The van der Waals surface area contributed by atoms with Gasteiger partial charge in [-0.25, -0.2) is 0 Å². The van der Waals surface area contributed by atoms with E-state index in [-0.39, 0.29) is 0 Å². The van der Waals surface area contributed by atoms with Gasteiger partial charge in [-0.15, -0.1) is 0 Å². The Kier molecular flexibility index (Phi) is 4.79. The molecule has 0 bridgehead atoms. The number of likely N-dealkylation sites (tertiary alicyclic amines) is 1. The topological polar surface area (TPSA) is 29.3 Å². The Balaban J connectivity index is 1.99. The lowest BCUT2D eigenvalue weighted by Gasteiger charge is -2.39. The van der Waals surface area contributed by atoms with E-state index in [2.05, 4.69) is 43.0 Å². The molecule has 2 N–H and O–H groups in total. The maximum Gasteiger partial charge on any atom is 0.0239 e. The third-order valence-electron chi connectivity index (χ3n) is 4.20. The summed E-state index contributed by atoms with van der Waals surface area (Å²) in [7, 11) is 0. The number of rotatable bonds is 4. The molecular formula is C16H26N2. The third-order valence-corrected chi connectivity index (χ3v) is 4.20. The van der Waals surface area contributed by atoms with Crippen LogP contribution in [-0.2, 0) is 13.0 Å². The zero-order valence-electron chi connectivity index (χ0n) is 11.7. The van der Waals surface area contributed by atoms with E-state index in [4.69, 9.17) is 5.73 Å². The summed E-state index contributed by atoms with van der Waals surface area (Å²) in [6.07, 6.45) is 5.05. The quantitative estimate of drug-likeness (QED) is 0.885. The van der Waals surface area contributed by atoms with Crippen molar-refractivity contribution in [2.75, 3.05) is 6.54 Å². The number of nitrogens with two attached hydrogens (primary N) is 1. The standard InChI is InChI=1S/C16H26N2/c1-13-4-3-5-14(2)18(13)12-16-8-6-15(7-9-16)10-11-17/h6-9,13-14H,3-5,10-12,17H2,1-2H3. The molecule has 2 heteroatoms. The van der Waals surface area contributed by atoms with Gasteiger partial charge in [-0.3, -0.25) is 4.90 Å². The van der Waals surface area contributed by atoms with Crippen molar-refractivity contribution in [2.24, 2.45) is 5.73 Å². The molecule has 18 heavy (non-hydrogen) atoms. The van der Waals surface area contributed by atoms with Gasteiger partial charge < -0.3 is 5.73 Å². The second-order valence-corrected chi connectivity index (χ2v) is 5.66. The number of benzene rings is 1. The monoisotopic (exact) mass is 246 g/mol. The van der Waals surface area contributed by atoms with Gasteiger partial charge in [0.15, 0.2) is 0 Å². The molecule has 1 aromatic rings. The Bertz CT molecular complexity index is 348. The second-order valence-electron chi connectivity index (χ2n) is 5.66. The maximum absolute atomic E-state index is 5.58. The van der Waals surface area contributed by atoms with Gasteiger partial charge in [0.05, 0.1) is 0 Å². The summed E-state index contributed by atoms with van der Waals surface area (Å²) in [6.45, 7) is 6.54. The Morgan fingerprint density at radius 2 is 1.61 bits per heavy atom. The van der Waals surface area contributed by atoms with E-state index >= 15 is 0 Å². The second kappa shape index (κ2) is 6.35. The molecule has 2 atom stereocenters. The van der Waals surface area contributed by atoms with E-state index in [9.17, 15) is 0 Å². The van der Waals surface area contributed by atoms with Crippen LogP contribution in [-0.4, -0.2) is 23.5 Å².